The summed E-state index contributed by atoms with van der Waals surface area (Å²) in [5, 5.41) is 6.05. The number of benzene rings is 1. The Kier molecular flexibility index (Phi) is 4.81. The zero-order chi connectivity index (χ0) is 13.7. The molecule has 1 aromatic heterocycles. The van der Waals surface area contributed by atoms with Crippen molar-refractivity contribution in [3.05, 3.63) is 24.3 Å². The van der Waals surface area contributed by atoms with Crippen LogP contribution in [0.15, 0.2) is 24.3 Å². The largest absolute Gasteiger partial charge is 0.375 e. The molecule has 0 aliphatic rings. The number of fused-ring (bicyclic) bond motifs is 1. The molecular formula is C16H24N2S. The summed E-state index contributed by atoms with van der Waals surface area (Å²) in [7, 11) is 0. The first-order valence-electron chi connectivity index (χ1n) is 7.21. The number of unbranched alkanes of at least 4 members (excludes halogenated alkanes) is 2. The predicted octanol–water partition coefficient (Wildman–Crippen LogP) is 5.31. The average molecular weight is 276 g/mol. The highest BCUT2D eigenvalue weighted by Crippen LogP contribution is 2.30. The standard InChI is InChI=1S/C16H24N2S/c1-4-5-8-11-16(2,3)12-17-15-13-9-6-7-10-14(13)18-19-15/h6-7,9-10,17H,4-5,8,11-12H2,1-3H3. The fraction of sp³-hybridized carbons (Fsp3) is 0.562. The van der Waals surface area contributed by atoms with Crippen molar-refractivity contribution >= 4 is 27.4 Å². The van der Waals surface area contributed by atoms with E-state index in [2.05, 4.69) is 48.7 Å². The van der Waals surface area contributed by atoms with Gasteiger partial charge in [-0.3, -0.25) is 0 Å². The zero-order valence-corrected chi connectivity index (χ0v) is 13.0. The molecule has 0 saturated heterocycles. The van der Waals surface area contributed by atoms with Crippen molar-refractivity contribution in [2.45, 2.75) is 46.5 Å². The van der Waals surface area contributed by atoms with Crippen LogP contribution in [0.3, 0.4) is 0 Å². The Bertz CT molecular complexity index is 516. The van der Waals surface area contributed by atoms with Gasteiger partial charge < -0.3 is 5.32 Å². The maximum atomic E-state index is 4.47. The minimum Gasteiger partial charge on any atom is -0.375 e. The lowest BCUT2D eigenvalue weighted by Gasteiger charge is -2.25. The molecule has 104 valence electrons. The van der Waals surface area contributed by atoms with E-state index in [-0.39, 0.29) is 0 Å². The molecule has 0 bridgehead atoms. The molecule has 2 rings (SSSR count). The van der Waals surface area contributed by atoms with Gasteiger partial charge in [0.15, 0.2) is 0 Å². The van der Waals surface area contributed by atoms with E-state index >= 15 is 0 Å². The Hall–Kier alpha value is -1.09. The normalized spacial score (nSPS) is 11.9. The van der Waals surface area contributed by atoms with Gasteiger partial charge in [0, 0.05) is 11.9 Å². The van der Waals surface area contributed by atoms with Crippen LogP contribution < -0.4 is 5.32 Å². The summed E-state index contributed by atoms with van der Waals surface area (Å²) in [4.78, 5) is 0. The van der Waals surface area contributed by atoms with Gasteiger partial charge in [0.1, 0.15) is 5.00 Å². The molecule has 1 aromatic carbocycles. The van der Waals surface area contributed by atoms with Crippen LogP contribution in [0.5, 0.6) is 0 Å². The number of hydrogen-bond acceptors (Lipinski definition) is 3. The average Bonchev–Trinajstić information content (AvgIpc) is 2.80. The first kappa shape index (κ1) is 14.3. The second-order valence-electron chi connectivity index (χ2n) is 6.00. The maximum absolute atomic E-state index is 4.47. The van der Waals surface area contributed by atoms with E-state index < -0.39 is 0 Å². The van der Waals surface area contributed by atoms with E-state index in [0.29, 0.717) is 5.41 Å². The number of nitrogens with zero attached hydrogens (tertiary/aromatic N) is 1. The van der Waals surface area contributed by atoms with Gasteiger partial charge in [-0.25, -0.2) is 0 Å². The van der Waals surface area contributed by atoms with Crippen LogP contribution in [-0.2, 0) is 0 Å². The van der Waals surface area contributed by atoms with Crippen LogP contribution >= 0.6 is 11.5 Å². The van der Waals surface area contributed by atoms with Gasteiger partial charge in [-0.1, -0.05) is 52.2 Å². The Labute approximate surface area is 120 Å². The fourth-order valence-corrected chi connectivity index (χ4v) is 3.03. The molecule has 1 N–H and O–H groups in total. The maximum Gasteiger partial charge on any atom is 0.117 e. The molecule has 0 amide bonds. The molecule has 0 saturated carbocycles. The van der Waals surface area contributed by atoms with E-state index in [9.17, 15) is 0 Å². The zero-order valence-electron chi connectivity index (χ0n) is 12.2. The number of nitrogens with one attached hydrogen (secondary N) is 1. The van der Waals surface area contributed by atoms with Gasteiger partial charge in [0.25, 0.3) is 0 Å². The number of anilines is 1. The molecule has 0 spiro atoms. The summed E-state index contributed by atoms with van der Waals surface area (Å²) in [5.74, 6) is 0. The summed E-state index contributed by atoms with van der Waals surface area (Å²) < 4.78 is 4.47. The SMILES string of the molecule is CCCCCC(C)(C)CNc1snc2ccccc12. The van der Waals surface area contributed by atoms with Crippen molar-refractivity contribution in [2.24, 2.45) is 5.41 Å². The molecule has 0 fully saturated rings. The Morgan fingerprint density at radius 2 is 2.00 bits per heavy atom. The van der Waals surface area contributed by atoms with Crippen LogP contribution in [0, 0.1) is 5.41 Å². The summed E-state index contributed by atoms with van der Waals surface area (Å²) in [6.45, 7) is 7.97. The lowest BCUT2D eigenvalue weighted by molar-refractivity contribution is 0.343. The minimum atomic E-state index is 0.347. The van der Waals surface area contributed by atoms with Crippen LogP contribution in [0.25, 0.3) is 10.9 Å². The molecule has 3 heteroatoms. The third-order valence-electron chi connectivity index (χ3n) is 3.57. The molecule has 0 unspecified atom stereocenters. The summed E-state index contributed by atoms with van der Waals surface area (Å²) in [6.07, 6.45) is 5.25. The van der Waals surface area contributed by atoms with Gasteiger partial charge in [-0.2, -0.15) is 4.37 Å². The highest BCUT2D eigenvalue weighted by molar-refractivity contribution is 7.11. The van der Waals surface area contributed by atoms with E-state index in [1.54, 1.807) is 11.5 Å². The van der Waals surface area contributed by atoms with Crippen molar-refractivity contribution < 1.29 is 0 Å². The fourth-order valence-electron chi connectivity index (χ4n) is 2.28. The number of aromatic nitrogens is 1. The predicted molar refractivity (Wildman–Crippen MR) is 86.0 cm³/mol. The molecule has 0 aliphatic carbocycles. The topological polar surface area (TPSA) is 24.9 Å². The summed E-state index contributed by atoms with van der Waals surface area (Å²) >= 11 is 1.57. The Morgan fingerprint density at radius 3 is 2.79 bits per heavy atom. The van der Waals surface area contributed by atoms with Crippen LogP contribution in [-0.4, -0.2) is 10.9 Å². The van der Waals surface area contributed by atoms with E-state index in [4.69, 9.17) is 0 Å². The quantitative estimate of drug-likeness (QED) is 0.693. The Morgan fingerprint density at radius 1 is 1.21 bits per heavy atom. The van der Waals surface area contributed by atoms with E-state index in [0.717, 1.165) is 12.1 Å². The van der Waals surface area contributed by atoms with E-state index in [1.165, 1.54) is 36.1 Å². The molecule has 0 atom stereocenters. The van der Waals surface area contributed by atoms with Crippen molar-refractivity contribution in [1.29, 1.82) is 0 Å². The van der Waals surface area contributed by atoms with Crippen LogP contribution in [0.4, 0.5) is 5.00 Å². The second kappa shape index (κ2) is 6.38. The van der Waals surface area contributed by atoms with Gasteiger partial charge in [0.05, 0.1) is 5.52 Å². The monoisotopic (exact) mass is 276 g/mol. The van der Waals surface area contributed by atoms with Gasteiger partial charge >= 0.3 is 0 Å². The van der Waals surface area contributed by atoms with Crippen molar-refractivity contribution in [2.75, 3.05) is 11.9 Å². The van der Waals surface area contributed by atoms with Gasteiger partial charge in [-0.05, 0) is 35.5 Å². The molecule has 2 nitrogen and oxygen atoms in total. The molecule has 2 aromatic rings. The molecule has 0 aliphatic heterocycles. The highest BCUT2D eigenvalue weighted by atomic mass is 32.1. The lowest BCUT2D eigenvalue weighted by Crippen LogP contribution is -2.22. The Balaban J connectivity index is 1.94. The lowest BCUT2D eigenvalue weighted by atomic mass is 9.87. The highest BCUT2D eigenvalue weighted by Gasteiger charge is 2.18. The molecular weight excluding hydrogens is 252 g/mol. The van der Waals surface area contributed by atoms with Crippen molar-refractivity contribution in [3.8, 4) is 0 Å². The number of hydrogen-bond donors (Lipinski definition) is 1. The van der Waals surface area contributed by atoms with Crippen LogP contribution in [0.2, 0.25) is 0 Å². The summed E-state index contributed by atoms with van der Waals surface area (Å²) in [5.41, 5.74) is 1.44. The van der Waals surface area contributed by atoms with Gasteiger partial charge in [0.2, 0.25) is 0 Å². The number of rotatable bonds is 7. The van der Waals surface area contributed by atoms with Crippen LogP contribution in [0.1, 0.15) is 46.5 Å². The smallest absolute Gasteiger partial charge is 0.117 e. The van der Waals surface area contributed by atoms with Crippen molar-refractivity contribution in [3.63, 3.8) is 0 Å². The van der Waals surface area contributed by atoms with E-state index in [1.807, 2.05) is 6.07 Å². The first-order chi connectivity index (χ1) is 9.12. The molecule has 19 heavy (non-hydrogen) atoms. The van der Waals surface area contributed by atoms with Crippen molar-refractivity contribution in [1.82, 2.24) is 4.37 Å². The minimum absolute atomic E-state index is 0.347. The second-order valence-corrected chi connectivity index (χ2v) is 6.78. The molecule has 0 radical (unpaired) electrons. The third-order valence-corrected chi connectivity index (χ3v) is 4.40. The molecule has 1 heterocycles. The van der Waals surface area contributed by atoms with Gasteiger partial charge in [-0.15, -0.1) is 0 Å². The third kappa shape index (κ3) is 3.93. The first-order valence-corrected chi connectivity index (χ1v) is 7.98. The summed E-state index contributed by atoms with van der Waals surface area (Å²) in [6, 6.07) is 8.34.